The topological polar surface area (TPSA) is 20.3 Å². The van der Waals surface area contributed by atoms with Gasteiger partial charge in [-0.1, -0.05) is 91.9 Å². The lowest BCUT2D eigenvalue weighted by Gasteiger charge is -2.35. The van der Waals surface area contributed by atoms with Crippen LogP contribution in [0, 0.1) is 0 Å². The van der Waals surface area contributed by atoms with Crippen LogP contribution in [0.1, 0.15) is 118 Å². The summed E-state index contributed by atoms with van der Waals surface area (Å²) in [5.74, 6) is 0. The van der Waals surface area contributed by atoms with E-state index in [0.717, 1.165) is 38.5 Å². The molecule has 2 heteroatoms. The molecule has 0 saturated carbocycles. The summed E-state index contributed by atoms with van der Waals surface area (Å²) in [4.78, 5) is 13.8. The van der Waals surface area contributed by atoms with E-state index in [1.807, 2.05) is 0 Å². The molecule has 1 radical (unpaired) electrons. The Morgan fingerprint density at radius 2 is 1.04 bits per heavy atom. The van der Waals surface area contributed by atoms with Gasteiger partial charge >= 0.3 is 6.41 Å². The van der Waals surface area contributed by atoms with Crippen LogP contribution in [0.25, 0.3) is 0 Å². The van der Waals surface area contributed by atoms with Crippen molar-refractivity contribution in [3.05, 3.63) is 0 Å². The summed E-state index contributed by atoms with van der Waals surface area (Å²) in [6.07, 6.45) is 19.6. The van der Waals surface area contributed by atoms with E-state index in [9.17, 15) is 4.79 Å². The first-order valence-corrected chi connectivity index (χ1v) is 10.4. The second-order valence-electron chi connectivity index (χ2n) is 7.08. The Hall–Kier alpha value is -0.530. The Morgan fingerprint density at radius 1 is 0.609 bits per heavy atom. The molecule has 0 bridgehead atoms. The highest BCUT2D eigenvalue weighted by Gasteiger charge is 2.24. The number of nitrogens with zero attached hydrogens (tertiary/aromatic N) is 1. The van der Waals surface area contributed by atoms with Crippen LogP contribution in [-0.2, 0) is 4.79 Å². The van der Waals surface area contributed by atoms with Crippen LogP contribution in [0.3, 0.4) is 0 Å². The molecule has 0 aromatic rings. The molecule has 2 nitrogen and oxygen atoms in total. The number of rotatable bonds is 17. The third-order valence-corrected chi connectivity index (χ3v) is 4.92. The second kappa shape index (κ2) is 16.3. The van der Waals surface area contributed by atoms with Crippen LogP contribution < -0.4 is 0 Å². The third kappa shape index (κ3) is 10.8. The van der Waals surface area contributed by atoms with Crippen molar-refractivity contribution in [2.75, 3.05) is 0 Å². The standard InChI is InChI=1S/C21H42NO/c1-5-9-11-13-17-20(15-7-3)22(19-23)21(16-8-4)18-14-12-10-6-2/h20-21H,5-18H2,1-4H3. The Balaban J connectivity index is 4.60. The molecule has 0 heterocycles. The minimum absolute atomic E-state index is 0.414. The maximum Gasteiger partial charge on any atom is 0.312 e. The highest BCUT2D eigenvalue weighted by Crippen LogP contribution is 2.22. The van der Waals surface area contributed by atoms with Gasteiger partial charge in [0, 0.05) is 12.1 Å². The number of amides is 1. The van der Waals surface area contributed by atoms with Gasteiger partial charge in [-0.15, -0.1) is 0 Å². The average molecular weight is 325 g/mol. The van der Waals surface area contributed by atoms with Crippen LogP contribution in [-0.4, -0.2) is 23.4 Å². The second-order valence-corrected chi connectivity index (χ2v) is 7.08. The predicted molar refractivity (Wildman–Crippen MR) is 102 cm³/mol. The summed E-state index contributed by atoms with van der Waals surface area (Å²) in [5, 5.41) is 0. The quantitative estimate of drug-likeness (QED) is 0.217. The first-order chi connectivity index (χ1) is 11.2. The third-order valence-electron chi connectivity index (χ3n) is 4.92. The van der Waals surface area contributed by atoms with E-state index in [4.69, 9.17) is 0 Å². The molecule has 137 valence electrons. The molecule has 0 N–H and O–H groups in total. The number of unbranched alkanes of at least 4 members (excludes halogenated alkanes) is 6. The van der Waals surface area contributed by atoms with Gasteiger partial charge in [-0.2, -0.15) is 0 Å². The summed E-state index contributed by atoms with van der Waals surface area (Å²) in [5.41, 5.74) is 0. The van der Waals surface area contributed by atoms with Crippen molar-refractivity contribution in [1.82, 2.24) is 4.90 Å². The maximum atomic E-state index is 11.7. The van der Waals surface area contributed by atoms with Crippen LogP contribution in [0.5, 0.6) is 0 Å². The molecule has 1 amide bonds. The van der Waals surface area contributed by atoms with E-state index in [0.29, 0.717) is 12.1 Å². The van der Waals surface area contributed by atoms with E-state index in [1.165, 1.54) is 51.4 Å². The van der Waals surface area contributed by atoms with Crippen LogP contribution in [0.2, 0.25) is 0 Å². The normalized spacial score (nSPS) is 13.7. The van der Waals surface area contributed by atoms with Gasteiger partial charge < -0.3 is 4.90 Å². The molecule has 0 rings (SSSR count). The van der Waals surface area contributed by atoms with Gasteiger partial charge in [0.25, 0.3) is 0 Å². The molecule has 2 unspecified atom stereocenters. The Labute approximate surface area is 146 Å². The largest absolute Gasteiger partial charge is 0.328 e. The molecular formula is C21H42NO. The van der Waals surface area contributed by atoms with E-state index in [1.54, 1.807) is 0 Å². The van der Waals surface area contributed by atoms with E-state index >= 15 is 0 Å². The number of hydrogen-bond acceptors (Lipinski definition) is 1. The molecular weight excluding hydrogens is 282 g/mol. The predicted octanol–water partition coefficient (Wildman–Crippen LogP) is 6.63. The average Bonchev–Trinajstić information content (AvgIpc) is 2.56. The maximum absolute atomic E-state index is 11.7. The zero-order valence-electron chi connectivity index (χ0n) is 16.4. The Kier molecular flexibility index (Phi) is 16.0. The Bertz CT molecular complexity index is 232. The van der Waals surface area contributed by atoms with Crippen LogP contribution >= 0.6 is 0 Å². The van der Waals surface area contributed by atoms with Gasteiger partial charge in [0.1, 0.15) is 0 Å². The minimum atomic E-state index is 0.414. The molecule has 0 aromatic heterocycles. The molecule has 23 heavy (non-hydrogen) atoms. The molecule has 0 fully saturated rings. The summed E-state index contributed by atoms with van der Waals surface area (Å²) < 4.78 is 0. The summed E-state index contributed by atoms with van der Waals surface area (Å²) in [6, 6.07) is 0.828. The zero-order valence-corrected chi connectivity index (χ0v) is 16.4. The van der Waals surface area contributed by atoms with Crippen molar-refractivity contribution in [2.45, 2.75) is 130 Å². The molecule has 2 atom stereocenters. The number of carbonyl (C=O) groups excluding carboxylic acids is 1. The lowest BCUT2D eigenvalue weighted by atomic mass is 9.96. The summed E-state index contributed by atoms with van der Waals surface area (Å²) >= 11 is 0. The monoisotopic (exact) mass is 324 g/mol. The highest BCUT2D eigenvalue weighted by molar-refractivity contribution is 5.49. The van der Waals surface area contributed by atoms with Gasteiger partial charge in [-0.3, -0.25) is 4.79 Å². The fraction of sp³-hybridized carbons (Fsp3) is 0.952. The lowest BCUT2D eigenvalue weighted by molar-refractivity contribution is 0.179. The van der Waals surface area contributed by atoms with Gasteiger partial charge in [0.15, 0.2) is 0 Å². The fourth-order valence-corrected chi connectivity index (χ4v) is 3.57. The molecule has 0 aromatic carbocycles. The van der Waals surface area contributed by atoms with Crippen LogP contribution in [0.4, 0.5) is 0 Å². The molecule has 0 aliphatic rings. The SMILES string of the molecule is CCCCCCC(CCC)N([C]=O)C(CCC)CCCCCC. The highest BCUT2D eigenvalue weighted by atomic mass is 16.1. The summed E-state index contributed by atoms with van der Waals surface area (Å²) in [7, 11) is 0. The smallest absolute Gasteiger partial charge is 0.312 e. The van der Waals surface area contributed by atoms with Crippen molar-refractivity contribution in [2.24, 2.45) is 0 Å². The first-order valence-electron chi connectivity index (χ1n) is 10.4. The lowest BCUT2D eigenvalue weighted by Crippen LogP contribution is -2.42. The fourth-order valence-electron chi connectivity index (χ4n) is 3.57. The molecule has 0 aliphatic carbocycles. The molecule has 0 aliphatic heterocycles. The minimum Gasteiger partial charge on any atom is -0.328 e. The van der Waals surface area contributed by atoms with Crippen molar-refractivity contribution >= 4 is 6.41 Å². The molecule has 0 saturated heterocycles. The van der Waals surface area contributed by atoms with Crippen molar-refractivity contribution in [3.8, 4) is 0 Å². The van der Waals surface area contributed by atoms with E-state index < -0.39 is 0 Å². The van der Waals surface area contributed by atoms with Crippen molar-refractivity contribution in [1.29, 1.82) is 0 Å². The first kappa shape index (κ1) is 22.5. The van der Waals surface area contributed by atoms with Gasteiger partial charge in [0.05, 0.1) is 0 Å². The van der Waals surface area contributed by atoms with Crippen LogP contribution in [0.15, 0.2) is 0 Å². The number of hydrogen-bond donors (Lipinski definition) is 0. The van der Waals surface area contributed by atoms with Gasteiger partial charge in [-0.05, 0) is 25.7 Å². The Morgan fingerprint density at radius 3 is 1.35 bits per heavy atom. The van der Waals surface area contributed by atoms with E-state index in [-0.39, 0.29) is 0 Å². The van der Waals surface area contributed by atoms with Gasteiger partial charge in [-0.25, -0.2) is 0 Å². The van der Waals surface area contributed by atoms with E-state index in [2.05, 4.69) is 39.0 Å². The van der Waals surface area contributed by atoms with Crippen molar-refractivity contribution < 1.29 is 4.79 Å². The summed E-state index contributed by atoms with van der Waals surface area (Å²) in [6.45, 7) is 8.97. The zero-order chi connectivity index (χ0) is 17.3. The molecule has 0 spiro atoms. The van der Waals surface area contributed by atoms with Gasteiger partial charge in [0.2, 0.25) is 0 Å². The van der Waals surface area contributed by atoms with Crippen molar-refractivity contribution in [3.63, 3.8) is 0 Å².